The molecule has 0 aromatic heterocycles. The maximum absolute atomic E-state index is 13.0. The van der Waals surface area contributed by atoms with E-state index in [2.05, 4.69) is 10.3 Å². The molecule has 0 bridgehead atoms. The van der Waals surface area contributed by atoms with Gasteiger partial charge in [0.25, 0.3) is 5.91 Å². The van der Waals surface area contributed by atoms with Crippen molar-refractivity contribution in [1.29, 1.82) is 0 Å². The first kappa shape index (κ1) is 20.3. The summed E-state index contributed by atoms with van der Waals surface area (Å²) in [5.41, 5.74) is -0.148. The Kier molecular flexibility index (Phi) is 6.00. The highest BCUT2D eigenvalue weighted by atomic mass is 35.5. The lowest BCUT2D eigenvalue weighted by Gasteiger charge is -2.09. The van der Waals surface area contributed by atoms with Crippen LogP contribution in [0.5, 0.6) is 5.75 Å². The highest BCUT2D eigenvalue weighted by molar-refractivity contribution is 8.18. The highest BCUT2D eigenvalue weighted by Gasteiger charge is 2.33. The summed E-state index contributed by atoms with van der Waals surface area (Å²) in [5.74, 6) is 0.348. The van der Waals surface area contributed by atoms with Crippen LogP contribution in [0.2, 0.25) is 5.02 Å². The lowest BCUT2D eigenvalue weighted by molar-refractivity contribution is -0.137. The number of carbonyl (C=O) groups is 1. The van der Waals surface area contributed by atoms with Gasteiger partial charge in [0.1, 0.15) is 5.75 Å². The topological polar surface area (TPSA) is 50.7 Å². The molecule has 2 aromatic carbocycles. The first-order chi connectivity index (χ1) is 13.3. The number of nitrogens with one attached hydrogen (secondary N) is 1. The van der Waals surface area contributed by atoms with Crippen molar-refractivity contribution in [2.75, 3.05) is 6.61 Å². The average Bonchev–Trinajstić information content (AvgIpc) is 2.97. The summed E-state index contributed by atoms with van der Waals surface area (Å²) in [6.45, 7) is 2.44. The van der Waals surface area contributed by atoms with Gasteiger partial charge < -0.3 is 10.1 Å². The molecule has 28 heavy (non-hydrogen) atoms. The molecule has 0 unspecified atom stereocenters. The number of hydrogen-bond acceptors (Lipinski definition) is 4. The Bertz CT molecular complexity index is 957. The van der Waals surface area contributed by atoms with Gasteiger partial charge in [0.05, 0.1) is 27.8 Å². The van der Waals surface area contributed by atoms with E-state index in [-0.39, 0.29) is 16.8 Å². The Morgan fingerprint density at radius 3 is 2.57 bits per heavy atom. The third kappa shape index (κ3) is 4.88. The number of benzene rings is 2. The van der Waals surface area contributed by atoms with E-state index < -0.39 is 16.8 Å². The largest absolute Gasteiger partial charge is 0.494 e. The quantitative estimate of drug-likeness (QED) is 0.643. The standard InChI is InChI=1S/C19H14ClF3N2O2S/c1-2-27-13-6-3-11(4-7-13)9-16-17(26)25-18(28-16)24-12-5-8-15(20)14(10-12)19(21,22)23/h3-10H,2H2,1H3,(H,24,25,26)/b16-9-. The van der Waals surface area contributed by atoms with Crippen LogP contribution in [0.4, 0.5) is 18.9 Å². The summed E-state index contributed by atoms with van der Waals surface area (Å²) >= 11 is 6.65. The van der Waals surface area contributed by atoms with Gasteiger partial charge in [-0.05, 0) is 60.7 Å². The normalized spacial score (nSPS) is 17.2. The molecule has 0 saturated carbocycles. The van der Waals surface area contributed by atoms with E-state index in [1.54, 1.807) is 30.3 Å². The summed E-state index contributed by atoms with van der Waals surface area (Å²) in [7, 11) is 0. The van der Waals surface area contributed by atoms with E-state index in [1.807, 2.05) is 6.92 Å². The maximum Gasteiger partial charge on any atom is 0.417 e. The van der Waals surface area contributed by atoms with Gasteiger partial charge in [-0.2, -0.15) is 13.2 Å². The van der Waals surface area contributed by atoms with Crippen LogP contribution in [-0.4, -0.2) is 17.7 Å². The van der Waals surface area contributed by atoms with Gasteiger partial charge >= 0.3 is 6.18 Å². The molecule has 1 amide bonds. The van der Waals surface area contributed by atoms with Crippen molar-refractivity contribution in [3.05, 3.63) is 63.5 Å². The summed E-state index contributed by atoms with van der Waals surface area (Å²) in [6, 6.07) is 10.5. The van der Waals surface area contributed by atoms with Crippen LogP contribution < -0.4 is 10.1 Å². The molecule has 3 rings (SSSR count). The number of amidine groups is 1. The molecule has 146 valence electrons. The molecule has 0 radical (unpaired) electrons. The first-order valence-corrected chi connectivity index (χ1v) is 9.35. The third-order valence-electron chi connectivity index (χ3n) is 3.63. The molecule has 2 aromatic rings. The molecule has 1 fully saturated rings. The second-order valence-corrected chi connectivity index (χ2v) is 7.08. The van der Waals surface area contributed by atoms with Crippen molar-refractivity contribution in [2.45, 2.75) is 13.1 Å². The number of thioether (sulfide) groups is 1. The van der Waals surface area contributed by atoms with Crippen LogP contribution in [0, 0.1) is 0 Å². The molecule has 0 aliphatic carbocycles. The second-order valence-electron chi connectivity index (χ2n) is 5.65. The molecule has 1 aliphatic rings. The molecule has 0 atom stereocenters. The van der Waals surface area contributed by atoms with Crippen molar-refractivity contribution in [1.82, 2.24) is 5.32 Å². The van der Waals surface area contributed by atoms with E-state index >= 15 is 0 Å². The summed E-state index contributed by atoms with van der Waals surface area (Å²) in [5, 5.41) is 2.33. The molecule has 1 heterocycles. The van der Waals surface area contributed by atoms with Crippen LogP contribution >= 0.6 is 23.4 Å². The molecule has 0 spiro atoms. The fourth-order valence-corrected chi connectivity index (χ4v) is 3.44. The van der Waals surface area contributed by atoms with E-state index in [0.717, 1.165) is 35.2 Å². The predicted molar refractivity (Wildman–Crippen MR) is 105 cm³/mol. The minimum Gasteiger partial charge on any atom is -0.494 e. The number of halogens is 4. The van der Waals surface area contributed by atoms with Gasteiger partial charge in [0, 0.05) is 0 Å². The second kappa shape index (κ2) is 8.28. The van der Waals surface area contributed by atoms with Crippen LogP contribution in [0.25, 0.3) is 6.08 Å². The van der Waals surface area contributed by atoms with Crippen LogP contribution in [0.15, 0.2) is 52.4 Å². The highest BCUT2D eigenvalue weighted by Crippen LogP contribution is 2.37. The first-order valence-electron chi connectivity index (χ1n) is 8.15. The number of carbonyl (C=O) groups excluding carboxylic acids is 1. The van der Waals surface area contributed by atoms with Crippen molar-refractivity contribution in [2.24, 2.45) is 4.99 Å². The zero-order valence-electron chi connectivity index (χ0n) is 14.5. The summed E-state index contributed by atoms with van der Waals surface area (Å²) < 4.78 is 44.2. The number of rotatable bonds is 4. The van der Waals surface area contributed by atoms with Crippen LogP contribution in [-0.2, 0) is 11.0 Å². The summed E-state index contributed by atoms with van der Waals surface area (Å²) in [6.07, 6.45) is -2.92. The number of alkyl halides is 3. The Labute approximate surface area is 168 Å². The van der Waals surface area contributed by atoms with Crippen LogP contribution in [0.1, 0.15) is 18.1 Å². The zero-order valence-corrected chi connectivity index (χ0v) is 16.1. The van der Waals surface area contributed by atoms with E-state index in [1.165, 1.54) is 6.07 Å². The lowest BCUT2D eigenvalue weighted by Crippen LogP contribution is -2.19. The third-order valence-corrected chi connectivity index (χ3v) is 4.87. The zero-order chi connectivity index (χ0) is 20.3. The molecular weight excluding hydrogens is 413 g/mol. The molecule has 1 aliphatic heterocycles. The maximum atomic E-state index is 13.0. The monoisotopic (exact) mass is 426 g/mol. The molecular formula is C19H14ClF3N2O2S. The van der Waals surface area contributed by atoms with Gasteiger partial charge in [0.15, 0.2) is 5.17 Å². The van der Waals surface area contributed by atoms with E-state index in [4.69, 9.17) is 16.3 Å². The summed E-state index contributed by atoms with van der Waals surface area (Å²) in [4.78, 5) is 16.6. The van der Waals surface area contributed by atoms with Gasteiger partial charge in [-0.25, -0.2) is 4.99 Å². The average molecular weight is 427 g/mol. The van der Waals surface area contributed by atoms with Gasteiger partial charge in [-0.1, -0.05) is 23.7 Å². The number of amides is 1. The fourth-order valence-electron chi connectivity index (χ4n) is 2.38. The van der Waals surface area contributed by atoms with E-state index in [9.17, 15) is 18.0 Å². The molecule has 1 N–H and O–H groups in total. The van der Waals surface area contributed by atoms with Crippen molar-refractivity contribution in [3.8, 4) is 5.75 Å². The minimum atomic E-state index is -4.59. The number of aliphatic imine (C=N–C) groups is 1. The predicted octanol–water partition coefficient (Wildman–Crippen LogP) is 5.65. The Balaban J connectivity index is 1.80. The molecule has 9 heteroatoms. The smallest absolute Gasteiger partial charge is 0.417 e. The Morgan fingerprint density at radius 1 is 1.21 bits per heavy atom. The minimum absolute atomic E-state index is 0.0434. The number of nitrogens with zero attached hydrogens (tertiary/aromatic N) is 1. The number of ether oxygens (including phenoxy) is 1. The molecule has 4 nitrogen and oxygen atoms in total. The van der Waals surface area contributed by atoms with Crippen molar-refractivity contribution < 1.29 is 22.7 Å². The van der Waals surface area contributed by atoms with E-state index in [0.29, 0.717) is 11.5 Å². The SMILES string of the molecule is CCOc1ccc(/C=C2\SC(=Nc3ccc(Cl)c(C(F)(F)F)c3)NC2=O)cc1. The van der Waals surface area contributed by atoms with Gasteiger partial charge in [-0.3, -0.25) is 4.79 Å². The van der Waals surface area contributed by atoms with Crippen molar-refractivity contribution in [3.63, 3.8) is 0 Å². The molecule has 1 saturated heterocycles. The lowest BCUT2D eigenvalue weighted by atomic mass is 10.2. The van der Waals surface area contributed by atoms with Crippen molar-refractivity contribution >= 4 is 46.2 Å². The van der Waals surface area contributed by atoms with Gasteiger partial charge in [0.2, 0.25) is 0 Å². The Hall–Kier alpha value is -2.45. The Morgan fingerprint density at radius 2 is 1.93 bits per heavy atom. The van der Waals surface area contributed by atoms with Crippen LogP contribution in [0.3, 0.4) is 0 Å². The fraction of sp³-hybridized carbons (Fsp3) is 0.158. The van der Waals surface area contributed by atoms with Gasteiger partial charge in [-0.15, -0.1) is 0 Å². The number of hydrogen-bond donors (Lipinski definition) is 1.